The standard InChI is InChI=1S/C16H20F3NO4/c1-11(13-2-4-14(5-3-13)24-16(17,18)19)20-15(21)10-23-9-12-6-7-22-8-12/h2-5,11-12H,6-10H2,1H3,(H,20,21)/t11-,12-/m0/s1. The van der Waals surface area contributed by atoms with E-state index in [9.17, 15) is 18.0 Å². The number of alkyl halides is 3. The second kappa shape index (κ2) is 8.34. The van der Waals surface area contributed by atoms with Crippen molar-refractivity contribution < 1.29 is 32.2 Å². The first-order chi connectivity index (χ1) is 11.3. The van der Waals surface area contributed by atoms with E-state index in [0.717, 1.165) is 13.0 Å². The Labute approximate surface area is 138 Å². The van der Waals surface area contributed by atoms with E-state index in [1.54, 1.807) is 6.92 Å². The minimum Gasteiger partial charge on any atom is -0.406 e. The monoisotopic (exact) mass is 347 g/mol. The Hall–Kier alpha value is -1.80. The van der Waals surface area contributed by atoms with E-state index in [2.05, 4.69) is 10.1 Å². The third kappa shape index (κ3) is 6.37. The van der Waals surface area contributed by atoms with Gasteiger partial charge in [-0.15, -0.1) is 13.2 Å². The lowest BCUT2D eigenvalue weighted by Crippen LogP contribution is -2.31. The summed E-state index contributed by atoms with van der Waals surface area (Å²) in [6, 6.07) is 5.02. The summed E-state index contributed by atoms with van der Waals surface area (Å²) in [5.74, 6) is -0.250. The van der Waals surface area contributed by atoms with Crippen LogP contribution in [0.1, 0.15) is 24.9 Å². The molecule has 1 fully saturated rings. The van der Waals surface area contributed by atoms with Crippen LogP contribution in [0.25, 0.3) is 0 Å². The number of carbonyl (C=O) groups is 1. The molecule has 5 nitrogen and oxygen atoms in total. The maximum atomic E-state index is 12.1. The summed E-state index contributed by atoms with van der Waals surface area (Å²) in [4.78, 5) is 11.8. The second-order valence-electron chi connectivity index (χ2n) is 5.65. The molecule has 0 aliphatic carbocycles. The fraction of sp³-hybridized carbons (Fsp3) is 0.562. The van der Waals surface area contributed by atoms with Crippen LogP contribution in [0.15, 0.2) is 24.3 Å². The molecule has 1 heterocycles. The lowest BCUT2D eigenvalue weighted by atomic mass is 10.1. The second-order valence-corrected chi connectivity index (χ2v) is 5.65. The first-order valence-corrected chi connectivity index (χ1v) is 7.64. The average Bonchev–Trinajstić information content (AvgIpc) is 2.99. The quantitative estimate of drug-likeness (QED) is 0.824. The number of halogens is 3. The van der Waals surface area contributed by atoms with Crippen molar-refractivity contribution in [1.29, 1.82) is 0 Å². The van der Waals surface area contributed by atoms with Gasteiger partial charge in [-0.1, -0.05) is 12.1 Å². The highest BCUT2D eigenvalue weighted by Gasteiger charge is 2.31. The number of amides is 1. The number of benzene rings is 1. The predicted molar refractivity (Wildman–Crippen MR) is 79.4 cm³/mol. The van der Waals surface area contributed by atoms with E-state index < -0.39 is 6.36 Å². The van der Waals surface area contributed by atoms with Gasteiger partial charge in [0.15, 0.2) is 0 Å². The van der Waals surface area contributed by atoms with E-state index in [4.69, 9.17) is 9.47 Å². The molecule has 1 aromatic carbocycles. The van der Waals surface area contributed by atoms with Crippen LogP contribution in [0, 0.1) is 5.92 Å². The van der Waals surface area contributed by atoms with Crippen molar-refractivity contribution in [3.05, 3.63) is 29.8 Å². The van der Waals surface area contributed by atoms with Crippen molar-refractivity contribution in [1.82, 2.24) is 5.32 Å². The molecule has 0 radical (unpaired) electrons. The van der Waals surface area contributed by atoms with Gasteiger partial charge < -0.3 is 19.5 Å². The molecule has 1 aliphatic rings. The van der Waals surface area contributed by atoms with Gasteiger partial charge in [-0.05, 0) is 31.0 Å². The molecule has 1 aromatic rings. The van der Waals surface area contributed by atoms with Crippen LogP contribution < -0.4 is 10.1 Å². The lowest BCUT2D eigenvalue weighted by molar-refractivity contribution is -0.274. The molecule has 2 atom stereocenters. The van der Waals surface area contributed by atoms with Crippen LogP contribution in [0.4, 0.5) is 13.2 Å². The summed E-state index contributed by atoms with van der Waals surface area (Å²) < 4.78 is 50.7. The summed E-state index contributed by atoms with van der Waals surface area (Å²) in [5.41, 5.74) is 0.669. The van der Waals surface area contributed by atoms with Crippen LogP contribution in [-0.4, -0.2) is 38.7 Å². The van der Waals surface area contributed by atoms with Crippen molar-refractivity contribution in [2.24, 2.45) is 5.92 Å². The summed E-state index contributed by atoms with van der Waals surface area (Å²) in [5, 5.41) is 2.73. The largest absolute Gasteiger partial charge is 0.573 e. The van der Waals surface area contributed by atoms with E-state index in [-0.39, 0.29) is 24.3 Å². The molecule has 0 spiro atoms. The zero-order valence-electron chi connectivity index (χ0n) is 13.3. The first-order valence-electron chi connectivity index (χ1n) is 7.64. The third-order valence-electron chi connectivity index (χ3n) is 3.60. The fourth-order valence-electron chi connectivity index (χ4n) is 2.36. The molecule has 0 aromatic heterocycles. The van der Waals surface area contributed by atoms with Crippen molar-refractivity contribution in [2.75, 3.05) is 26.4 Å². The Morgan fingerprint density at radius 1 is 1.38 bits per heavy atom. The summed E-state index contributed by atoms with van der Waals surface area (Å²) in [6.45, 7) is 3.54. The van der Waals surface area contributed by atoms with Gasteiger partial charge in [0.1, 0.15) is 12.4 Å². The van der Waals surface area contributed by atoms with Crippen molar-refractivity contribution in [3.63, 3.8) is 0 Å². The highest BCUT2D eigenvalue weighted by Crippen LogP contribution is 2.24. The molecule has 1 N–H and O–H groups in total. The summed E-state index contributed by atoms with van der Waals surface area (Å²) in [6.07, 6.45) is -3.78. The molecular formula is C16H20F3NO4. The minimum atomic E-state index is -4.72. The molecule has 0 unspecified atom stereocenters. The van der Waals surface area contributed by atoms with E-state index in [0.29, 0.717) is 24.7 Å². The topological polar surface area (TPSA) is 56.8 Å². The first kappa shape index (κ1) is 18.5. The molecule has 8 heteroatoms. The van der Waals surface area contributed by atoms with Crippen LogP contribution in [-0.2, 0) is 14.3 Å². The van der Waals surface area contributed by atoms with Crippen LogP contribution in [0.2, 0.25) is 0 Å². The molecule has 1 saturated heterocycles. The number of rotatable bonds is 7. The smallest absolute Gasteiger partial charge is 0.406 e. The molecular weight excluding hydrogens is 327 g/mol. The maximum absolute atomic E-state index is 12.1. The fourth-order valence-corrected chi connectivity index (χ4v) is 2.36. The molecule has 1 amide bonds. The number of nitrogens with one attached hydrogen (secondary N) is 1. The third-order valence-corrected chi connectivity index (χ3v) is 3.60. The Balaban J connectivity index is 1.74. The molecule has 134 valence electrons. The Morgan fingerprint density at radius 3 is 2.67 bits per heavy atom. The van der Waals surface area contributed by atoms with Gasteiger partial charge in [0.2, 0.25) is 5.91 Å². The van der Waals surface area contributed by atoms with Gasteiger partial charge in [-0.2, -0.15) is 0 Å². The van der Waals surface area contributed by atoms with Gasteiger partial charge in [-0.25, -0.2) is 0 Å². The Morgan fingerprint density at radius 2 is 2.08 bits per heavy atom. The SMILES string of the molecule is C[C@H](NC(=O)COC[C@H]1CCOC1)c1ccc(OC(F)(F)F)cc1. The minimum absolute atomic E-state index is 0.0594. The van der Waals surface area contributed by atoms with Gasteiger partial charge >= 0.3 is 6.36 Å². The Bertz CT molecular complexity index is 527. The van der Waals surface area contributed by atoms with Gasteiger partial charge in [-0.3, -0.25) is 4.79 Å². The molecule has 1 aliphatic heterocycles. The predicted octanol–water partition coefficient (Wildman–Crippen LogP) is 2.82. The highest BCUT2D eigenvalue weighted by molar-refractivity contribution is 5.77. The summed E-state index contributed by atoms with van der Waals surface area (Å²) >= 11 is 0. The van der Waals surface area contributed by atoms with Crippen molar-refractivity contribution in [3.8, 4) is 5.75 Å². The summed E-state index contributed by atoms with van der Waals surface area (Å²) in [7, 11) is 0. The van der Waals surface area contributed by atoms with Crippen LogP contribution >= 0.6 is 0 Å². The van der Waals surface area contributed by atoms with Crippen molar-refractivity contribution in [2.45, 2.75) is 25.7 Å². The van der Waals surface area contributed by atoms with E-state index in [1.165, 1.54) is 24.3 Å². The molecule has 2 rings (SSSR count). The molecule has 0 saturated carbocycles. The number of hydrogen-bond donors (Lipinski definition) is 1. The van der Waals surface area contributed by atoms with Gasteiger partial charge in [0.25, 0.3) is 0 Å². The average molecular weight is 347 g/mol. The highest BCUT2D eigenvalue weighted by atomic mass is 19.4. The van der Waals surface area contributed by atoms with E-state index in [1.807, 2.05) is 0 Å². The Kier molecular flexibility index (Phi) is 6.44. The normalized spacial score (nSPS) is 19.1. The molecule has 24 heavy (non-hydrogen) atoms. The van der Waals surface area contributed by atoms with E-state index >= 15 is 0 Å². The lowest BCUT2D eigenvalue weighted by Gasteiger charge is -2.16. The number of ether oxygens (including phenoxy) is 3. The van der Waals surface area contributed by atoms with Crippen molar-refractivity contribution >= 4 is 5.91 Å². The number of hydrogen-bond acceptors (Lipinski definition) is 4. The van der Waals surface area contributed by atoms with Gasteiger partial charge in [0, 0.05) is 12.5 Å². The molecule has 0 bridgehead atoms. The maximum Gasteiger partial charge on any atom is 0.573 e. The van der Waals surface area contributed by atoms with Crippen LogP contribution in [0.5, 0.6) is 5.75 Å². The van der Waals surface area contributed by atoms with Crippen LogP contribution in [0.3, 0.4) is 0 Å². The zero-order chi connectivity index (χ0) is 17.6. The van der Waals surface area contributed by atoms with Gasteiger partial charge in [0.05, 0.1) is 19.3 Å². The zero-order valence-corrected chi connectivity index (χ0v) is 13.3. The number of carbonyl (C=O) groups excluding carboxylic acids is 1.